The van der Waals surface area contributed by atoms with Crippen LogP contribution in [0.25, 0.3) is 11.0 Å². The number of methoxy groups -OCH3 is 2. The number of rotatable bonds is 8. The van der Waals surface area contributed by atoms with E-state index in [4.69, 9.17) is 14.2 Å². The number of hydrogen-bond acceptors (Lipinski definition) is 8. The minimum atomic E-state index is -1.42. The Balaban J connectivity index is 1.81. The molecule has 0 radical (unpaired) electrons. The van der Waals surface area contributed by atoms with Gasteiger partial charge in [0.2, 0.25) is 5.43 Å². The Hall–Kier alpha value is -4.35. The standard InChI is InChI=1S/C29H35FN4O7/c1-7-19-22-24(35)20(27(36)37)15-34(13-16-8-9-18(39-5)12-21(16)40-6)25(22)32-26(23(19)30)33-11-10-17(14-33)31-28(38)41-29(2,3)4/h8-9,12,15,17H,7,10-11,13-14H2,1-6H3,(H,31,38)(H,36,37). The van der Waals surface area contributed by atoms with E-state index in [0.29, 0.717) is 30.0 Å². The summed E-state index contributed by atoms with van der Waals surface area (Å²) >= 11 is 0. The monoisotopic (exact) mass is 570 g/mol. The Bertz CT molecular complexity index is 1550. The van der Waals surface area contributed by atoms with E-state index in [9.17, 15) is 19.5 Å². The Morgan fingerprint density at radius 3 is 2.56 bits per heavy atom. The number of fused-ring (bicyclic) bond motifs is 1. The minimum Gasteiger partial charge on any atom is -0.497 e. The van der Waals surface area contributed by atoms with Crippen LogP contribution >= 0.6 is 0 Å². The number of aromatic carboxylic acids is 1. The van der Waals surface area contributed by atoms with Gasteiger partial charge in [0, 0.05) is 36.5 Å². The number of nitrogens with one attached hydrogen (secondary N) is 1. The van der Waals surface area contributed by atoms with E-state index >= 15 is 4.39 Å². The van der Waals surface area contributed by atoms with E-state index in [-0.39, 0.29) is 48.0 Å². The summed E-state index contributed by atoms with van der Waals surface area (Å²) in [4.78, 5) is 43.9. The van der Waals surface area contributed by atoms with Gasteiger partial charge in [0.15, 0.2) is 11.6 Å². The zero-order valence-electron chi connectivity index (χ0n) is 24.0. The van der Waals surface area contributed by atoms with Crippen molar-refractivity contribution in [2.75, 3.05) is 32.2 Å². The molecule has 1 saturated heterocycles. The smallest absolute Gasteiger partial charge is 0.407 e. The quantitative estimate of drug-likeness (QED) is 0.413. The van der Waals surface area contributed by atoms with Crippen LogP contribution in [0, 0.1) is 5.82 Å². The number of anilines is 1. The highest BCUT2D eigenvalue weighted by Gasteiger charge is 2.31. The fraction of sp³-hybridized carbons (Fsp3) is 0.448. The average molecular weight is 571 g/mol. The number of carbonyl (C=O) groups excluding carboxylic acids is 1. The second-order valence-corrected chi connectivity index (χ2v) is 10.8. The van der Waals surface area contributed by atoms with E-state index < -0.39 is 34.5 Å². The lowest BCUT2D eigenvalue weighted by Gasteiger charge is -2.23. The third-order valence-corrected chi connectivity index (χ3v) is 6.85. The molecule has 1 aromatic carbocycles. The van der Waals surface area contributed by atoms with Crippen molar-refractivity contribution in [3.05, 3.63) is 57.1 Å². The molecule has 220 valence electrons. The first-order valence-corrected chi connectivity index (χ1v) is 13.3. The van der Waals surface area contributed by atoms with Gasteiger partial charge in [0.05, 0.1) is 32.2 Å². The highest BCUT2D eigenvalue weighted by Crippen LogP contribution is 2.31. The number of pyridine rings is 2. The molecule has 1 unspecified atom stereocenters. The number of aromatic nitrogens is 2. The second kappa shape index (κ2) is 11.6. The molecule has 1 atom stereocenters. The maximum absolute atomic E-state index is 16.0. The Morgan fingerprint density at radius 2 is 1.95 bits per heavy atom. The third-order valence-electron chi connectivity index (χ3n) is 6.85. The molecule has 41 heavy (non-hydrogen) atoms. The van der Waals surface area contributed by atoms with Gasteiger partial charge in [0.25, 0.3) is 0 Å². The normalized spacial score (nSPS) is 15.2. The minimum absolute atomic E-state index is 0.0285. The zero-order valence-corrected chi connectivity index (χ0v) is 24.0. The summed E-state index contributed by atoms with van der Waals surface area (Å²) < 4.78 is 33.6. The summed E-state index contributed by atoms with van der Waals surface area (Å²) in [6.07, 6.45) is 1.33. The van der Waals surface area contributed by atoms with Crippen molar-refractivity contribution < 1.29 is 33.3 Å². The summed E-state index contributed by atoms with van der Waals surface area (Å²) in [5.74, 6) is -1.02. The molecule has 0 saturated carbocycles. The van der Waals surface area contributed by atoms with Crippen molar-refractivity contribution in [2.24, 2.45) is 0 Å². The predicted octanol–water partition coefficient (Wildman–Crippen LogP) is 3.97. The summed E-state index contributed by atoms with van der Waals surface area (Å²) in [7, 11) is 3.03. The molecule has 4 rings (SSSR count). The van der Waals surface area contributed by atoms with E-state index in [1.165, 1.54) is 25.0 Å². The van der Waals surface area contributed by atoms with Crippen molar-refractivity contribution in [1.82, 2.24) is 14.9 Å². The molecular formula is C29H35FN4O7. The molecule has 0 aliphatic carbocycles. The average Bonchev–Trinajstić information content (AvgIpc) is 3.36. The largest absolute Gasteiger partial charge is 0.497 e. The number of halogens is 1. The van der Waals surface area contributed by atoms with Crippen LogP contribution in [0.5, 0.6) is 11.5 Å². The van der Waals surface area contributed by atoms with E-state index in [1.54, 1.807) is 50.8 Å². The van der Waals surface area contributed by atoms with Crippen LogP contribution in [-0.2, 0) is 17.7 Å². The van der Waals surface area contributed by atoms with Crippen molar-refractivity contribution >= 4 is 28.9 Å². The van der Waals surface area contributed by atoms with Crippen LogP contribution in [0.3, 0.4) is 0 Å². The molecule has 2 N–H and O–H groups in total. The molecule has 3 aromatic rings. The lowest BCUT2D eigenvalue weighted by Crippen LogP contribution is -2.40. The number of aryl methyl sites for hydroxylation is 1. The van der Waals surface area contributed by atoms with E-state index in [0.717, 1.165) is 0 Å². The maximum Gasteiger partial charge on any atom is 0.407 e. The second-order valence-electron chi connectivity index (χ2n) is 10.8. The Kier molecular flexibility index (Phi) is 8.41. The number of ether oxygens (including phenoxy) is 3. The molecular weight excluding hydrogens is 535 g/mol. The number of hydrogen-bond donors (Lipinski definition) is 2. The fourth-order valence-electron chi connectivity index (χ4n) is 4.97. The topological polar surface area (TPSA) is 132 Å². The summed E-state index contributed by atoms with van der Waals surface area (Å²) in [6.45, 7) is 7.78. The molecule has 0 bridgehead atoms. The lowest BCUT2D eigenvalue weighted by molar-refractivity contribution is 0.0508. The van der Waals surface area contributed by atoms with E-state index in [1.807, 2.05) is 0 Å². The first-order chi connectivity index (χ1) is 19.4. The number of alkyl carbamates (subject to hydrolysis) is 1. The van der Waals surface area contributed by atoms with Gasteiger partial charge in [-0.1, -0.05) is 6.92 Å². The van der Waals surface area contributed by atoms with Crippen molar-refractivity contribution in [1.29, 1.82) is 0 Å². The zero-order chi connectivity index (χ0) is 30.1. The number of carboxylic acid groups (broad SMARTS) is 1. The number of benzene rings is 1. The van der Waals surface area contributed by atoms with Crippen LogP contribution in [0.4, 0.5) is 15.0 Å². The third kappa shape index (κ3) is 6.21. The molecule has 1 amide bonds. The van der Waals surface area contributed by atoms with Gasteiger partial charge in [-0.25, -0.2) is 19.0 Å². The van der Waals surface area contributed by atoms with Gasteiger partial charge in [0.1, 0.15) is 28.3 Å². The summed E-state index contributed by atoms with van der Waals surface area (Å²) in [6, 6.07) is 4.89. The highest BCUT2D eigenvalue weighted by molar-refractivity contribution is 5.93. The van der Waals surface area contributed by atoms with Crippen LogP contribution in [0.1, 0.15) is 55.6 Å². The van der Waals surface area contributed by atoms with Gasteiger partial charge >= 0.3 is 12.1 Å². The first kappa shape index (κ1) is 29.6. The summed E-state index contributed by atoms with van der Waals surface area (Å²) in [5, 5.41) is 12.5. The summed E-state index contributed by atoms with van der Waals surface area (Å²) in [5.41, 5.74) is -1.05. The number of nitrogens with zero attached hydrogens (tertiary/aromatic N) is 3. The molecule has 12 heteroatoms. The predicted molar refractivity (Wildman–Crippen MR) is 151 cm³/mol. The molecule has 3 heterocycles. The molecule has 2 aromatic heterocycles. The van der Waals surface area contributed by atoms with Gasteiger partial charge in [-0.2, -0.15) is 0 Å². The van der Waals surface area contributed by atoms with Crippen molar-refractivity contribution in [3.63, 3.8) is 0 Å². The molecule has 0 spiro atoms. The number of carbonyl (C=O) groups is 2. The highest BCUT2D eigenvalue weighted by atomic mass is 19.1. The maximum atomic E-state index is 16.0. The van der Waals surface area contributed by atoms with Crippen LogP contribution in [0.15, 0.2) is 29.2 Å². The number of carboxylic acids is 1. The SMILES string of the molecule is CCc1c(F)c(N2CCC(NC(=O)OC(C)(C)C)C2)nc2c1c(=O)c(C(=O)O)cn2Cc1ccc(OC)cc1OC. The van der Waals surface area contributed by atoms with Gasteiger partial charge in [-0.05, 0) is 45.7 Å². The van der Waals surface area contributed by atoms with Crippen molar-refractivity contribution in [3.8, 4) is 11.5 Å². The van der Waals surface area contributed by atoms with Gasteiger partial charge in [-0.15, -0.1) is 0 Å². The van der Waals surface area contributed by atoms with E-state index in [2.05, 4.69) is 10.3 Å². The van der Waals surface area contributed by atoms with Crippen LogP contribution in [0.2, 0.25) is 0 Å². The molecule has 1 fully saturated rings. The Labute approximate surface area is 236 Å². The lowest BCUT2D eigenvalue weighted by atomic mass is 10.0. The van der Waals surface area contributed by atoms with Crippen LogP contribution in [-0.4, -0.2) is 65.7 Å². The van der Waals surface area contributed by atoms with Crippen LogP contribution < -0.4 is 25.1 Å². The van der Waals surface area contributed by atoms with Gasteiger partial charge < -0.3 is 34.1 Å². The fourth-order valence-corrected chi connectivity index (χ4v) is 4.97. The molecule has 1 aliphatic heterocycles. The molecule has 1 aliphatic rings. The van der Waals surface area contributed by atoms with Crippen molar-refractivity contribution in [2.45, 2.75) is 58.7 Å². The molecule has 11 nitrogen and oxygen atoms in total. The Morgan fingerprint density at radius 1 is 1.22 bits per heavy atom. The van der Waals surface area contributed by atoms with Gasteiger partial charge in [-0.3, -0.25) is 4.79 Å². The number of amides is 1. The first-order valence-electron chi connectivity index (χ1n) is 13.3.